The summed E-state index contributed by atoms with van der Waals surface area (Å²) in [5.74, 6) is 0. The van der Waals surface area contributed by atoms with Crippen LogP contribution in [-0.2, 0) is 0 Å². The smallest absolute Gasteiger partial charge is 0.316 e. The third-order valence-corrected chi connectivity index (χ3v) is 0.987. The molecule has 12 heavy (non-hydrogen) atoms. The van der Waals surface area contributed by atoms with E-state index in [-0.39, 0.29) is 6.01 Å². The quantitative estimate of drug-likeness (QED) is 0.734. The summed E-state index contributed by atoms with van der Waals surface area (Å²) < 4.78 is 27.7. The number of nitrogens with two attached hydrogens (primary N) is 1. The number of halogens is 2. The van der Waals surface area contributed by atoms with E-state index in [0.29, 0.717) is 5.69 Å². The number of nitrogen functional groups attached to an aromatic ring is 1. The maximum atomic E-state index is 11.6. The highest BCUT2D eigenvalue weighted by Crippen LogP contribution is 2.04. The molecule has 0 saturated heterocycles. The highest BCUT2D eigenvalue weighted by Gasteiger charge is 2.04. The molecule has 2 N–H and O–H groups in total. The predicted molar refractivity (Wildman–Crippen MR) is 37.9 cm³/mol. The molecule has 0 atom stereocenters. The molecule has 0 aliphatic carbocycles. The Labute approximate surface area is 67.4 Å². The van der Waals surface area contributed by atoms with E-state index in [1.54, 1.807) is 0 Å². The summed E-state index contributed by atoms with van der Waals surface area (Å²) in [6.45, 7) is -0.704. The molecule has 0 aliphatic heterocycles. The molecule has 0 spiro atoms. The zero-order chi connectivity index (χ0) is 8.97. The molecule has 1 aromatic rings. The van der Waals surface area contributed by atoms with Crippen LogP contribution in [0.3, 0.4) is 0 Å². The van der Waals surface area contributed by atoms with Crippen LogP contribution in [0.1, 0.15) is 0 Å². The number of nitrogens with zero attached hydrogens (tertiary/aromatic N) is 2. The molecule has 0 radical (unpaired) electrons. The molecule has 4 nitrogen and oxygen atoms in total. The normalized spacial score (nSPS) is 10.2. The number of alkyl halides is 2. The summed E-state index contributed by atoms with van der Waals surface area (Å²) in [6, 6.07) is -0.0931. The number of rotatable bonds is 3. The average Bonchev–Trinajstić information content (AvgIpc) is 2.03. The van der Waals surface area contributed by atoms with Gasteiger partial charge in [0.25, 0.3) is 6.43 Å². The number of anilines is 1. The summed E-state index contributed by atoms with van der Waals surface area (Å²) in [5, 5.41) is 0. The lowest BCUT2D eigenvalue weighted by molar-refractivity contribution is 0.0770. The number of ether oxygens (including phenoxy) is 1. The van der Waals surface area contributed by atoms with Gasteiger partial charge in [-0.3, -0.25) is 0 Å². The topological polar surface area (TPSA) is 61.0 Å². The molecule has 0 aromatic carbocycles. The minimum absolute atomic E-state index is 0.0931. The fourth-order valence-corrected chi connectivity index (χ4v) is 0.538. The summed E-state index contributed by atoms with van der Waals surface area (Å²) >= 11 is 0. The summed E-state index contributed by atoms with van der Waals surface area (Å²) in [4.78, 5) is 7.12. The van der Waals surface area contributed by atoms with E-state index in [2.05, 4.69) is 14.7 Å². The first-order valence-electron chi connectivity index (χ1n) is 3.17. The zero-order valence-electron chi connectivity index (χ0n) is 6.08. The maximum absolute atomic E-state index is 11.6. The first-order chi connectivity index (χ1) is 5.68. The highest BCUT2D eigenvalue weighted by atomic mass is 19.3. The Hall–Kier alpha value is -1.46. The van der Waals surface area contributed by atoms with Crippen molar-refractivity contribution in [2.24, 2.45) is 0 Å². The van der Waals surface area contributed by atoms with Crippen molar-refractivity contribution in [1.29, 1.82) is 0 Å². The van der Waals surface area contributed by atoms with Gasteiger partial charge in [-0.2, -0.15) is 0 Å². The number of aromatic nitrogens is 2. The van der Waals surface area contributed by atoms with Crippen LogP contribution in [0.4, 0.5) is 14.5 Å². The highest BCUT2D eigenvalue weighted by molar-refractivity contribution is 5.30. The fourth-order valence-electron chi connectivity index (χ4n) is 0.538. The molecule has 0 amide bonds. The minimum Gasteiger partial charge on any atom is -0.457 e. The fraction of sp³-hybridized carbons (Fsp3) is 0.333. The van der Waals surface area contributed by atoms with Crippen LogP contribution < -0.4 is 10.5 Å². The molecule has 0 aliphatic rings. The van der Waals surface area contributed by atoms with Crippen molar-refractivity contribution in [3.63, 3.8) is 0 Å². The molecule has 0 unspecified atom stereocenters. The van der Waals surface area contributed by atoms with Gasteiger partial charge in [0.15, 0.2) is 6.61 Å². The van der Waals surface area contributed by atoms with Crippen molar-refractivity contribution in [2.75, 3.05) is 12.3 Å². The van der Waals surface area contributed by atoms with Crippen LogP contribution >= 0.6 is 0 Å². The third kappa shape index (κ3) is 2.65. The summed E-state index contributed by atoms with van der Waals surface area (Å²) in [5.41, 5.74) is 5.61. The van der Waals surface area contributed by atoms with Gasteiger partial charge in [-0.05, 0) is 0 Å². The van der Waals surface area contributed by atoms with E-state index < -0.39 is 13.0 Å². The van der Waals surface area contributed by atoms with Gasteiger partial charge in [-0.15, -0.1) is 0 Å². The van der Waals surface area contributed by atoms with Gasteiger partial charge < -0.3 is 10.5 Å². The lowest BCUT2D eigenvalue weighted by atomic mass is 10.6. The third-order valence-electron chi connectivity index (χ3n) is 0.987. The summed E-state index contributed by atoms with van der Waals surface area (Å²) in [6.07, 6.45) is 0.0490. The largest absolute Gasteiger partial charge is 0.457 e. The molecule has 66 valence electrons. The Morgan fingerprint density at radius 2 is 2.00 bits per heavy atom. The molecule has 1 heterocycles. The van der Waals surface area contributed by atoms with E-state index in [0.717, 1.165) is 0 Å². The lowest BCUT2D eigenvalue weighted by Gasteiger charge is -2.01. The molecular weight excluding hydrogens is 168 g/mol. The Morgan fingerprint density at radius 3 is 2.50 bits per heavy atom. The van der Waals surface area contributed by atoms with Crippen LogP contribution in [0.25, 0.3) is 0 Å². The Kier molecular flexibility index (Phi) is 2.73. The van der Waals surface area contributed by atoms with E-state index >= 15 is 0 Å². The second kappa shape index (κ2) is 3.80. The molecule has 6 heteroatoms. The second-order valence-electron chi connectivity index (χ2n) is 2.00. The molecular formula is C6H7F2N3O. The van der Waals surface area contributed by atoms with Crippen molar-refractivity contribution in [3.8, 4) is 6.01 Å². The van der Waals surface area contributed by atoms with E-state index in [9.17, 15) is 8.78 Å². The van der Waals surface area contributed by atoms with Crippen molar-refractivity contribution in [3.05, 3.63) is 12.4 Å². The minimum atomic E-state index is -2.52. The van der Waals surface area contributed by atoms with Crippen molar-refractivity contribution in [2.45, 2.75) is 6.43 Å². The van der Waals surface area contributed by atoms with Crippen LogP contribution in [0.15, 0.2) is 12.4 Å². The molecule has 0 fully saturated rings. The zero-order valence-corrected chi connectivity index (χ0v) is 6.08. The van der Waals surface area contributed by atoms with E-state index in [1.807, 2.05) is 0 Å². The standard InChI is InChI=1S/C6H7F2N3O/c7-5(8)3-12-6-10-1-4(9)2-11-6/h1-2,5H,3,9H2. The maximum Gasteiger partial charge on any atom is 0.316 e. The summed E-state index contributed by atoms with van der Waals surface area (Å²) in [7, 11) is 0. The second-order valence-corrected chi connectivity index (χ2v) is 2.00. The molecule has 0 saturated carbocycles. The van der Waals surface area contributed by atoms with E-state index in [4.69, 9.17) is 5.73 Å². The van der Waals surface area contributed by atoms with Gasteiger partial charge in [0, 0.05) is 0 Å². The van der Waals surface area contributed by atoms with Crippen LogP contribution in [0.5, 0.6) is 6.01 Å². The van der Waals surface area contributed by atoms with Gasteiger partial charge in [0.05, 0.1) is 18.1 Å². The SMILES string of the molecule is Nc1cnc(OCC(F)F)nc1. The first-order valence-corrected chi connectivity index (χ1v) is 3.17. The molecule has 0 bridgehead atoms. The predicted octanol–water partition coefficient (Wildman–Crippen LogP) is 0.703. The number of hydrogen-bond acceptors (Lipinski definition) is 4. The van der Waals surface area contributed by atoms with Crippen molar-refractivity contribution in [1.82, 2.24) is 9.97 Å². The van der Waals surface area contributed by atoms with Gasteiger partial charge in [-0.25, -0.2) is 18.7 Å². The Bertz CT molecular complexity index is 239. The monoisotopic (exact) mass is 175 g/mol. The Balaban J connectivity index is 2.48. The van der Waals surface area contributed by atoms with Crippen LogP contribution in [-0.4, -0.2) is 23.0 Å². The van der Waals surface area contributed by atoms with Crippen molar-refractivity contribution < 1.29 is 13.5 Å². The lowest BCUT2D eigenvalue weighted by Crippen LogP contribution is -2.09. The van der Waals surface area contributed by atoms with Gasteiger partial charge in [0.2, 0.25) is 0 Å². The Morgan fingerprint density at radius 1 is 1.42 bits per heavy atom. The van der Waals surface area contributed by atoms with Crippen LogP contribution in [0, 0.1) is 0 Å². The molecule has 1 rings (SSSR count). The molecule has 1 aromatic heterocycles. The number of hydrogen-bond donors (Lipinski definition) is 1. The van der Waals surface area contributed by atoms with Gasteiger partial charge in [0.1, 0.15) is 0 Å². The average molecular weight is 175 g/mol. The first kappa shape index (κ1) is 8.63. The van der Waals surface area contributed by atoms with Gasteiger partial charge in [-0.1, -0.05) is 0 Å². The van der Waals surface area contributed by atoms with E-state index in [1.165, 1.54) is 12.4 Å². The van der Waals surface area contributed by atoms with Crippen LogP contribution in [0.2, 0.25) is 0 Å². The van der Waals surface area contributed by atoms with Gasteiger partial charge >= 0.3 is 6.01 Å². The van der Waals surface area contributed by atoms with Crippen molar-refractivity contribution >= 4 is 5.69 Å².